The van der Waals surface area contributed by atoms with E-state index >= 15 is 0 Å². The zero-order chi connectivity index (χ0) is 24.5. The summed E-state index contributed by atoms with van der Waals surface area (Å²) in [5.74, 6) is 1.29. The monoisotopic (exact) mass is 472 g/mol. The Kier molecular flexibility index (Phi) is 6.36. The number of anilines is 2. The lowest BCUT2D eigenvalue weighted by molar-refractivity contribution is -0.137. The lowest BCUT2D eigenvalue weighted by Crippen LogP contribution is -2.37. The Bertz CT molecular complexity index is 1170. The quantitative estimate of drug-likeness (QED) is 0.533. The van der Waals surface area contributed by atoms with Crippen LogP contribution in [0.5, 0.6) is 0 Å². The van der Waals surface area contributed by atoms with Gasteiger partial charge in [-0.3, -0.25) is 4.90 Å². The van der Waals surface area contributed by atoms with Crippen molar-refractivity contribution in [2.24, 2.45) is 5.92 Å². The van der Waals surface area contributed by atoms with Crippen LogP contribution in [0.3, 0.4) is 0 Å². The van der Waals surface area contributed by atoms with E-state index in [0.29, 0.717) is 29.4 Å². The molecule has 34 heavy (non-hydrogen) atoms. The number of halogens is 3. The number of nitrogens with zero attached hydrogens (tertiary/aromatic N) is 5. The SMILES string of the molecule is CC(C)C1COC(=O)N1c1ccnc(N[C@H](C)c2ncc(-c3cccc(C(F)(F)F)c3)cn2)n1. The minimum Gasteiger partial charge on any atom is -0.447 e. The summed E-state index contributed by atoms with van der Waals surface area (Å²) < 4.78 is 44.2. The first-order valence-corrected chi connectivity index (χ1v) is 10.7. The van der Waals surface area contributed by atoms with Gasteiger partial charge in [-0.05, 0) is 36.6 Å². The zero-order valence-corrected chi connectivity index (χ0v) is 18.7. The molecule has 3 heterocycles. The number of hydrogen-bond donors (Lipinski definition) is 1. The lowest BCUT2D eigenvalue weighted by Gasteiger charge is -2.23. The number of rotatable bonds is 6. The van der Waals surface area contributed by atoms with Crippen molar-refractivity contribution >= 4 is 17.9 Å². The molecule has 3 aromatic rings. The molecule has 1 saturated heterocycles. The molecule has 1 N–H and O–H groups in total. The Morgan fingerprint density at radius 1 is 1.09 bits per heavy atom. The van der Waals surface area contributed by atoms with Crippen molar-refractivity contribution in [1.82, 2.24) is 19.9 Å². The summed E-state index contributed by atoms with van der Waals surface area (Å²) in [5, 5.41) is 3.09. The average molecular weight is 472 g/mol. The molecule has 1 amide bonds. The number of aromatic nitrogens is 4. The Balaban J connectivity index is 1.49. The van der Waals surface area contributed by atoms with E-state index in [-0.39, 0.29) is 17.9 Å². The minimum atomic E-state index is -4.43. The third-order valence-electron chi connectivity index (χ3n) is 5.49. The average Bonchev–Trinajstić information content (AvgIpc) is 3.20. The van der Waals surface area contributed by atoms with Gasteiger partial charge in [0.1, 0.15) is 18.2 Å². The van der Waals surface area contributed by atoms with Crippen molar-refractivity contribution in [1.29, 1.82) is 0 Å². The fourth-order valence-electron chi connectivity index (χ4n) is 3.59. The summed E-state index contributed by atoms with van der Waals surface area (Å²) in [4.78, 5) is 31.0. The van der Waals surface area contributed by atoms with Crippen molar-refractivity contribution < 1.29 is 22.7 Å². The second kappa shape index (κ2) is 9.24. The molecule has 178 valence electrons. The molecule has 0 aliphatic carbocycles. The maximum absolute atomic E-state index is 13.0. The van der Waals surface area contributed by atoms with Gasteiger partial charge in [-0.1, -0.05) is 26.0 Å². The van der Waals surface area contributed by atoms with Gasteiger partial charge in [0.15, 0.2) is 0 Å². The van der Waals surface area contributed by atoms with Crippen LogP contribution in [0, 0.1) is 5.92 Å². The maximum atomic E-state index is 13.0. The van der Waals surface area contributed by atoms with Crippen LogP contribution in [-0.4, -0.2) is 38.7 Å². The van der Waals surface area contributed by atoms with Gasteiger partial charge in [0, 0.05) is 24.2 Å². The topological polar surface area (TPSA) is 93.1 Å². The van der Waals surface area contributed by atoms with E-state index in [1.54, 1.807) is 19.1 Å². The fourth-order valence-corrected chi connectivity index (χ4v) is 3.59. The fraction of sp³-hybridized carbons (Fsp3) is 0.348. The summed E-state index contributed by atoms with van der Waals surface area (Å²) in [6.07, 6.45) is -0.394. The first kappa shape index (κ1) is 23.4. The first-order valence-electron chi connectivity index (χ1n) is 10.7. The van der Waals surface area contributed by atoms with Crippen LogP contribution in [0.15, 0.2) is 48.9 Å². The Morgan fingerprint density at radius 3 is 2.50 bits per heavy atom. The van der Waals surface area contributed by atoms with Crippen molar-refractivity contribution in [3.05, 3.63) is 60.3 Å². The van der Waals surface area contributed by atoms with E-state index in [9.17, 15) is 18.0 Å². The van der Waals surface area contributed by atoms with E-state index in [1.807, 2.05) is 13.8 Å². The van der Waals surface area contributed by atoms with Gasteiger partial charge in [0.05, 0.1) is 17.6 Å². The van der Waals surface area contributed by atoms with E-state index in [1.165, 1.54) is 29.6 Å². The van der Waals surface area contributed by atoms with Gasteiger partial charge in [-0.15, -0.1) is 0 Å². The number of hydrogen-bond acceptors (Lipinski definition) is 7. The summed E-state index contributed by atoms with van der Waals surface area (Å²) in [6.45, 7) is 6.10. The molecule has 0 saturated carbocycles. The van der Waals surface area contributed by atoms with E-state index in [2.05, 4.69) is 25.3 Å². The molecule has 2 atom stereocenters. The molecule has 1 aliphatic heterocycles. The number of carbonyl (C=O) groups is 1. The van der Waals surface area contributed by atoms with Crippen molar-refractivity contribution in [3.8, 4) is 11.1 Å². The summed E-state index contributed by atoms with van der Waals surface area (Å²) in [7, 11) is 0. The Labute approximate surface area is 194 Å². The number of alkyl halides is 3. The van der Waals surface area contributed by atoms with Crippen molar-refractivity contribution in [2.75, 3.05) is 16.8 Å². The van der Waals surface area contributed by atoms with Crippen LogP contribution in [0.1, 0.15) is 38.2 Å². The van der Waals surface area contributed by atoms with Gasteiger partial charge < -0.3 is 10.1 Å². The van der Waals surface area contributed by atoms with Crippen molar-refractivity contribution in [3.63, 3.8) is 0 Å². The molecule has 4 rings (SSSR count). The maximum Gasteiger partial charge on any atom is 0.416 e. The second-order valence-electron chi connectivity index (χ2n) is 8.27. The molecular formula is C23H23F3N6O2. The third-order valence-corrected chi connectivity index (χ3v) is 5.49. The number of cyclic esters (lactones) is 1. The lowest BCUT2D eigenvalue weighted by atomic mass is 10.0. The number of nitrogens with one attached hydrogen (secondary N) is 1. The van der Waals surface area contributed by atoms with Gasteiger partial charge in [-0.25, -0.2) is 19.7 Å². The highest BCUT2D eigenvalue weighted by Crippen LogP contribution is 2.32. The zero-order valence-electron chi connectivity index (χ0n) is 18.7. The van der Waals surface area contributed by atoms with Crippen LogP contribution < -0.4 is 10.2 Å². The largest absolute Gasteiger partial charge is 0.447 e. The molecule has 0 bridgehead atoms. The van der Waals surface area contributed by atoms with E-state index < -0.39 is 23.9 Å². The minimum absolute atomic E-state index is 0.126. The number of amides is 1. The molecular weight excluding hydrogens is 449 g/mol. The van der Waals surface area contributed by atoms with E-state index in [4.69, 9.17) is 4.74 Å². The summed E-state index contributed by atoms with van der Waals surface area (Å²) in [5.41, 5.74) is 0.102. The van der Waals surface area contributed by atoms with Crippen molar-refractivity contribution in [2.45, 2.75) is 39.0 Å². The van der Waals surface area contributed by atoms with E-state index in [0.717, 1.165) is 12.1 Å². The molecule has 1 aliphatic rings. The molecule has 2 aromatic heterocycles. The summed E-state index contributed by atoms with van der Waals surface area (Å²) in [6, 6.07) is 6.11. The van der Waals surface area contributed by atoms with Gasteiger partial charge in [0.25, 0.3) is 0 Å². The third kappa shape index (κ3) is 4.92. The van der Waals surface area contributed by atoms with Crippen LogP contribution in [0.4, 0.5) is 29.7 Å². The number of benzene rings is 1. The summed E-state index contributed by atoms with van der Waals surface area (Å²) >= 11 is 0. The van der Waals surface area contributed by atoms with Gasteiger partial charge >= 0.3 is 12.3 Å². The predicted molar refractivity (Wildman–Crippen MR) is 119 cm³/mol. The molecule has 1 unspecified atom stereocenters. The highest BCUT2D eigenvalue weighted by atomic mass is 19.4. The Hall–Kier alpha value is -3.76. The number of carbonyl (C=O) groups excluding carboxylic acids is 1. The smallest absolute Gasteiger partial charge is 0.416 e. The highest BCUT2D eigenvalue weighted by molar-refractivity contribution is 5.89. The normalized spacial score (nSPS) is 17.1. The first-order chi connectivity index (χ1) is 16.1. The Morgan fingerprint density at radius 2 is 1.82 bits per heavy atom. The van der Waals surface area contributed by atoms with Crippen LogP contribution in [0.2, 0.25) is 0 Å². The highest BCUT2D eigenvalue weighted by Gasteiger charge is 2.37. The molecule has 11 heteroatoms. The number of ether oxygens (including phenoxy) is 1. The van der Waals surface area contributed by atoms with Crippen LogP contribution in [-0.2, 0) is 10.9 Å². The second-order valence-corrected chi connectivity index (χ2v) is 8.27. The molecule has 1 aromatic carbocycles. The van der Waals surface area contributed by atoms with Gasteiger partial charge in [-0.2, -0.15) is 18.2 Å². The van der Waals surface area contributed by atoms with Crippen LogP contribution >= 0.6 is 0 Å². The molecule has 8 nitrogen and oxygen atoms in total. The molecule has 0 spiro atoms. The van der Waals surface area contributed by atoms with Gasteiger partial charge in [0.2, 0.25) is 5.95 Å². The molecule has 1 fully saturated rings. The predicted octanol–water partition coefficient (Wildman–Crippen LogP) is 5.11. The van der Waals surface area contributed by atoms with Crippen LogP contribution in [0.25, 0.3) is 11.1 Å². The standard InChI is InChI=1S/C23H23F3N6O2/c1-13(2)18-12-34-22(33)32(18)19-7-8-27-21(31-19)30-14(3)20-28-10-16(11-29-20)15-5-4-6-17(9-15)23(24,25)26/h4-11,13-14,18H,12H2,1-3H3,(H,27,30,31)/t14-,18?/m1/s1. The molecule has 0 radical (unpaired) electrons.